The lowest BCUT2D eigenvalue weighted by Crippen LogP contribution is -2.31. The van der Waals surface area contributed by atoms with Gasteiger partial charge in [-0.3, -0.25) is 4.31 Å². The second kappa shape index (κ2) is 8.58. The molecule has 2 N–H and O–H groups in total. The van der Waals surface area contributed by atoms with Gasteiger partial charge in [-0.05, 0) is 42.5 Å². The average Bonchev–Trinajstić information content (AvgIpc) is 2.94. The Morgan fingerprint density at radius 1 is 1.00 bits per heavy atom. The van der Waals surface area contributed by atoms with E-state index in [1.54, 1.807) is 0 Å². The van der Waals surface area contributed by atoms with Crippen LogP contribution in [0.4, 0.5) is 43.5 Å². The van der Waals surface area contributed by atoms with E-state index in [4.69, 9.17) is 0 Å². The van der Waals surface area contributed by atoms with E-state index >= 15 is 0 Å². The smallest absolute Gasteiger partial charge is 0.478 e. The van der Waals surface area contributed by atoms with Crippen LogP contribution in [0.25, 0.3) is 0 Å². The van der Waals surface area contributed by atoms with Crippen LogP contribution in [0.2, 0.25) is 0 Å². The van der Waals surface area contributed by atoms with Crippen molar-refractivity contribution in [2.75, 3.05) is 9.62 Å². The third-order valence-corrected chi connectivity index (χ3v) is 6.76. The van der Waals surface area contributed by atoms with Gasteiger partial charge in [0.1, 0.15) is 17.3 Å². The van der Waals surface area contributed by atoms with Gasteiger partial charge < -0.3 is 15.2 Å². The number of hydrogen-bond acceptors (Lipinski definition) is 6. The number of aromatic carboxylic acids is 1. The van der Waals surface area contributed by atoms with Crippen molar-refractivity contribution < 1.29 is 49.4 Å². The minimum atomic E-state index is -5.02. The van der Waals surface area contributed by atoms with Gasteiger partial charge in [-0.25, -0.2) is 18.2 Å². The van der Waals surface area contributed by atoms with E-state index in [1.165, 1.54) is 12.1 Å². The molecule has 0 amide bonds. The van der Waals surface area contributed by atoms with Crippen molar-refractivity contribution in [1.82, 2.24) is 4.98 Å². The summed E-state index contributed by atoms with van der Waals surface area (Å²) in [6.07, 6.45) is -9.82. The summed E-state index contributed by atoms with van der Waals surface area (Å²) in [5.41, 5.74) is -2.34. The van der Waals surface area contributed by atoms with Crippen molar-refractivity contribution in [3.05, 3.63) is 71.4 Å². The van der Waals surface area contributed by atoms with E-state index in [9.17, 15) is 44.7 Å². The lowest BCUT2D eigenvalue weighted by molar-refractivity contribution is -0.274. The van der Waals surface area contributed by atoms with Crippen LogP contribution in [-0.2, 0) is 22.7 Å². The highest BCUT2D eigenvalue weighted by Crippen LogP contribution is 2.42. The Morgan fingerprint density at radius 3 is 2.25 bits per heavy atom. The first-order valence-corrected chi connectivity index (χ1v) is 11.2. The second-order valence-corrected chi connectivity index (χ2v) is 9.23. The molecule has 0 bridgehead atoms. The van der Waals surface area contributed by atoms with Crippen LogP contribution < -0.4 is 14.4 Å². The Kier molecular flexibility index (Phi) is 5.98. The molecule has 0 atom stereocenters. The largest absolute Gasteiger partial charge is 0.573 e. The summed E-state index contributed by atoms with van der Waals surface area (Å²) in [5.74, 6) is -2.57. The number of nitrogens with zero attached hydrogens (tertiary/aromatic N) is 2. The van der Waals surface area contributed by atoms with Gasteiger partial charge in [-0.2, -0.15) is 13.2 Å². The van der Waals surface area contributed by atoms with Crippen LogP contribution in [0.15, 0.2) is 59.5 Å². The molecule has 2 heterocycles. The maximum absolute atomic E-state index is 13.6. The van der Waals surface area contributed by atoms with Crippen molar-refractivity contribution in [3.8, 4) is 5.75 Å². The topological polar surface area (TPSA) is 109 Å². The number of pyridine rings is 1. The number of rotatable bonds is 4. The number of ether oxygens (including phenoxy) is 1. The zero-order valence-corrected chi connectivity index (χ0v) is 18.4. The summed E-state index contributed by atoms with van der Waals surface area (Å²) >= 11 is 0. The van der Waals surface area contributed by atoms with Gasteiger partial charge in [-0.15, -0.1) is 13.2 Å². The first-order valence-electron chi connectivity index (χ1n) is 9.76. The van der Waals surface area contributed by atoms with E-state index in [2.05, 4.69) is 15.0 Å². The van der Waals surface area contributed by atoms with Gasteiger partial charge in [0, 0.05) is 5.56 Å². The number of fused-ring (bicyclic) bond motifs is 2. The molecule has 0 aliphatic carbocycles. The molecule has 36 heavy (non-hydrogen) atoms. The number of hydrogen-bond donors (Lipinski definition) is 2. The lowest BCUT2D eigenvalue weighted by atomic mass is 10.1. The van der Waals surface area contributed by atoms with Gasteiger partial charge >= 0.3 is 18.5 Å². The Balaban J connectivity index is 1.87. The van der Waals surface area contributed by atoms with Crippen molar-refractivity contribution in [2.45, 2.75) is 24.0 Å². The third kappa shape index (κ3) is 4.86. The molecule has 3 aromatic rings. The zero-order chi connectivity index (χ0) is 26.5. The van der Waals surface area contributed by atoms with Crippen LogP contribution in [0.1, 0.15) is 21.6 Å². The van der Waals surface area contributed by atoms with Crippen LogP contribution >= 0.6 is 0 Å². The second-order valence-electron chi connectivity index (χ2n) is 7.36. The summed E-state index contributed by atoms with van der Waals surface area (Å²) in [7, 11) is -4.65. The number of carboxylic acids is 1. The summed E-state index contributed by atoms with van der Waals surface area (Å²) < 4.78 is 108. The number of carbonyl (C=O) groups is 1. The highest BCUT2D eigenvalue weighted by molar-refractivity contribution is 7.92. The Hall–Kier alpha value is -4.01. The minimum Gasteiger partial charge on any atom is -0.478 e. The maximum Gasteiger partial charge on any atom is 0.573 e. The molecule has 4 rings (SSSR count). The fourth-order valence-corrected chi connectivity index (χ4v) is 4.95. The number of alkyl halides is 6. The molecule has 0 saturated heterocycles. The number of anilines is 3. The van der Waals surface area contributed by atoms with Gasteiger partial charge in [0.05, 0.1) is 28.4 Å². The SMILES string of the molecule is O=C(O)c1cccc2c1N(S(=O)(=O)c1ccc(OC(F)(F)F)cc1)Cc1ccc(C(F)(F)F)nc1N2. The van der Waals surface area contributed by atoms with E-state index in [0.29, 0.717) is 10.4 Å². The first kappa shape index (κ1) is 25.1. The molecular weight excluding hydrogens is 520 g/mol. The standard InChI is InChI=1S/C21H13F6N3O5S/c22-20(23,24)16-9-4-11-10-30(17-14(19(31)32)2-1-3-15(17)28-18(11)29-16)36(33,34)13-7-5-12(6-8-13)35-21(25,26)27/h1-9H,10H2,(H,28,29)(H,31,32). The predicted molar refractivity (Wildman–Crippen MR) is 112 cm³/mol. The molecule has 0 fully saturated rings. The Labute approximate surface area is 198 Å². The molecule has 8 nitrogen and oxygen atoms in total. The zero-order valence-electron chi connectivity index (χ0n) is 17.6. The number of benzene rings is 2. The predicted octanol–water partition coefficient (Wildman–Crippen LogP) is 5.15. The maximum atomic E-state index is 13.6. The molecule has 15 heteroatoms. The van der Waals surface area contributed by atoms with Crippen molar-refractivity contribution in [2.24, 2.45) is 0 Å². The molecule has 1 aromatic heterocycles. The summed E-state index contributed by atoms with van der Waals surface area (Å²) in [4.78, 5) is 14.9. The Morgan fingerprint density at radius 2 is 1.67 bits per heavy atom. The van der Waals surface area contributed by atoms with Crippen molar-refractivity contribution in [1.29, 1.82) is 0 Å². The number of carboxylic acid groups (broad SMARTS) is 1. The highest BCUT2D eigenvalue weighted by atomic mass is 32.2. The van der Waals surface area contributed by atoms with Crippen LogP contribution in [0.5, 0.6) is 5.75 Å². The lowest BCUT2D eigenvalue weighted by Gasteiger charge is -2.26. The van der Waals surface area contributed by atoms with Gasteiger partial charge in [0.15, 0.2) is 0 Å². The molecule has 0 radical (unpaired) electrons. The monoisotopic (exact) mass is 533 g/mol. The fraction of sp³-hybridized carbons (Fsp3) is 0.143. The van der Waals surface area contributed by atoms with Crippen LogP contribution in [-0.4, -0.2) is 30.8 Å². The highest BCUT2D eigenvalue weighted by Gasteiger charge is 2.37. The number of sulfonamides is 1. The van der Waals surface area contributed by atoms with Crippen molar-refractivity contribution >= 4 is 33.2 Å². The molecule has 1 aliphatic heterocycles. The van der Waals surface area contributed by atoms with Crippen LogP contribution in [0.3, 0.4) is 0 Å². The van der Waals surface area contributed by atoms with E-state index in [0.717, 1.165) is 36.4 Å². The molecule has 190 valence electrons. The molecule has 0 saturated carbocycles. The number of aromatic nitrogens is 1. The summed E-state index contributed by atoms with van der Waals surface area (Å²) in [6.45, 7) is -0.631. The number of nitrogens with one attached hydrogen (secondary N) is 1. The van der Waals surface area contributed by atoms with E-state index in [-0.39, 0.29) is 17.1 Å². The third-order valence-electron chi connectivity index (χ3n) is 5.00. The Bertz CT molecular complexity index is 1440. The fourth-order valence-electron chi connectivity index (χ4n) is 3.47. The number of halogens is 6. The first-order chi connectivity index (χ1) is 16.7. The molecule has 0 spiro atoms. The van der Waals surface area contributed by atoms with E-state index in [1.807, 2.05) is 0 Å². The number of para-hydroxylation sites is 1. The molecule has 2 aromatic carbocycles. The van der Waals surface area contributed by atoms with Crippen LogP contribution in [0, 0.1) is 0 Å². The molecular formula is C21H13F6N3O5S. The normalized spacial score (nSPS) is 13.8. The van der Waals surface area contributed by atoms with Gasteiger partial charge in [0.25, 0.3) is 10.0 Å². The average molecular weight is 533 g/mol. The molecule has 1 aliphatic rings. The summed E-state index contributed by atoms with van der Waals surface area (Å²) in [6, 6.07) is 8.39. The van der Waals surface area contributed by atoms with Gasteiger partial charge in [0.2, 0.25) is 0 Å². The van der Waals surface area contributed by atoms with E-state index < -0.39 is 62.7 Å². The van der Waals surface area contributed by atoms with Gasteiger partial charge in [-0.1, -0.05) is 12.1 Å². The quantitative estimate of drug-likeness (QED) is 0.447. The minimum absolute atomic E-state index is 0.0175. The summed E-state index contributed by atoms with van der Waals surface area (Å²) in [5, 5.41) is 12.2. The molecule has 0 unspecified atom stereocenters. The van der Waals surface area contributed by atoms with Crippen molar-refractivity contribution in [3.63, 3.8) is 0 Å².